The van der Waals surface area contributed by atoms with Gasteiger partial charge in [-0.05, 0) is 0 Å². The Labute approximate surface area is 170 Å². The van der Waals surface area contributed by atoms with Gasteiger partial charge >= 0.3 is 136 Å². The van der Waals surface area contributed by atoms with Crippen LogP contribution >= 0.6 is 0 Å². The van der Waals surface area contributed by atoms with E-state index in [1.807, 2.05) is 0 Å². The summed E-state index contributed by atoms with van der Waals surface area (Å²) in [6.45, 7) is 0. The molecule has 11 heteroatoms. The van der Waals surface area contributed by atoms with Crippen molar-refractivity contribution in [2.24, 2.45) is 0 Å². The predicted octanol–water partition coefficient (Wildman–Crippen LogP) is -0.837. The maximum atomic E-state index is 0. The molecule has 7 nitrogen and oxygen atoms in total. The fraction of sp³-hybridized carbons (Fsp3) is 0. The third kappa shape index (κ3) is 119. The van der Waals surface area contributed by atoms with E-state index in [2.05, 4.69) is 0 Å². The van der Waals surface area contributed by atoms with Crippen LogP contribution in [0.4, 0.5) is 0 Å². The second kappa shape index (κ2) is 139. The van der Waals surface area contributed by atoms with Crippen LogP contribution in [-0.2, 0) is 90.7 Å². The molecule has 0 unspecified atom stereocenters. The first-order valence-electron chi connectivity index (χ1n) is 0. The zero-order valence-corrected chi connectivity index (χ0v) is 16.1. The maximum Gasteiger partial charge on any atom is 4.00 e. The van der Waals surface area contributed by atoms with E-state index in [-0.39, 0.29) is 174 Å². The van der Waals surface area contributed by atoms with Crippen LogP contribution in [0.15, 0.2) is 0 Å². The Kier molecular flexibility index (Phi) is 2170. The molecule has 0 fully saturated rings. The van der Waals surface area contributed by atoms with Gasteiger partial charge in [-0.25, -0.2) is 0 Å². The van der Waals surface area contributed by atoms with E-state index in [9.17, 15) is 0 Å². The summed E-state index contributed by atoms with van der Waals surface area (Å²) in [7, 11) is 0. The Morgan fingerprint density at radius 2 is 0.273 bits per heavy atom. The molecule has 0 aliphatic carbocycles. The first kappa shape index (κ1) is 172. The minimum atomic E-state index is 0. The normalized spacial score (nSPS) is 0. The SMILES string of the molecule is [Ce+3].[Ce+3].[O-2].[O-2].[O-2].[O-2].[O-2].[O-2].[O-2].[Zr+4].[Zr+4]. The molecule has 0 amide bonds. The molecular formula is Ce2O7Zr2. The molecule has 0 aromatic rings. The van der Waals surface area contributed by atoms with Crippen LogP contribution in [0, 0.1) is 83.5 Å². The number of hydrogen-bond donors (Lipinski definition) is 0. The van der Waals surface area contributed by atoms with Crippen molar-refractivity contribution >= 4 is 0 Å². The van der Waals surface area contributed by atoms with Gasteiger partial charge in [0.05, 0.1) is 0 Å². The quantitative estimate of drug-likeness (QED) is 0.348. The Hall–Kier alpha value is 4.24. The van der Waals surface area contributed by atoms with Crippen molar-refractivity contribution in [3.63, 3.8) is 0 Å². The minimum Gasteiger partial charge on any atom is -2.00 e. The summed E-state index contributed by atoms with van der Waals surface area (Å²) in [5, 5.41) is 0. The monoisotopic (exact) mass is 572 g/mol. The van der Waals surface area contributed by atoms with Crippen LogP contribution < -0.4 is 0 Å². The van der Waals surface area contributed by atoms with Crippen molar-refractivity contribution in [3.8, 4) is 0 Å². The second-order valence-corrected chi connectivity index (χ2v) is 0. The van der Waals surface area contributed by atoms with Crippen molar-refractivity contribution in [3.05, 3.63) is 0 Å². The molecule has 0 aliphatic heterocycles. The van der Waals surface area contributed by atoms with Crippen LogP contribution in [0.3, 0.4) is 0 Å². The second-order valence-electron chi connectivity index (χ2n) is 0. The first-order valence-corrected chi connectivity index (χ1v) is 0. The van der Waals surface area contributed by atoms with Crippen molar-refractivity contribution in [1.82, 2.24) is 0 Å². The van der Waals surface area contributed by atoms with E-state index in [4.69, 9.17) is 0 Å². The molecule has 0 aromatic heterocycles. The molecule has 0 N–H and O–H groups in total. The summed E-state index contributed by atoms with van der Waals surface area (Å²) in [6.07, 6.45) is 0. The van der Waals surface area contributed by atoms with Gasteiger partial charge in [0.2, 0.25) is 0 Å². The van der Waals surface area contributed by atoms with Crippen molar-refractivity contribution in [2.45, 2.75) is 0 Å². The van der Waals surface area contributed by atoms with Gasteiger partial charge in [0.25, 0.3) is 0 Å². The minimum absolute atomic E-state index is 0. The summed E-state index contributed by atoms with van der Waals surface area (Å²) in [6, 6.07) is 0. The molecule has 0 rings (SSSR count). The van der Waals surface area contributed by atoms with Gasteiger partial charge in [-0.3, -0.25) is 0 Å². The topological polar surface area (TPSA) is 200 Å². The zero-order valence-electron chi connectivity index (χ0n) is 4.86. The van der Waals surface area contributed by atoms with Gasteiger partial charge in [0.15, 0.2) is 0 Å². The summed E-state index contributed by atoms with van der Waals surface area (Å²) in [4.78, 5) is 0. The Balaban J connectivity index is 0. The third-order valence-corrected chi connectivity index (χ3v) is 0. The largest absolute Gasteiger partial charge is 4.00 e. The molecule has 0 heterocycles. The third-order valence-electron chi connectivity index (χ3n) is 0. The Morgan fingerprint density at radius 1 is 0.273 bits per heavy atom. The average molecular weight is 575 g/mol. The fourth-order valence-electron chi connectivity index (χ4n) is 0. The summed E-state index contributed by atoms with van der Waals surface area (Å²) in [5.74, 6) is 0. The fourth-order valence-corrected chi connectivity index (χ4v) is 0. The Bertz CT molecular complexity index is 14.4. The van der Waals surface area contributed by atoms with E-state index < -0.39 is 0 Å². The van der Waals surface area contributed by atoms with Gasteiger partial charge in [-0.15, -0.1) is 0 Å². The van der Waals surface area contributed by atoms with Crippen LogP contribution in [-0.4, -0.2) is 0 Å². The molecular weight excluding hydrogens is 575 g/mol. The van der Waals surface area contributed by atoms with Gasteiger partial charge < -0.3 is 38.3 Å². The van der Waals surface area contributed by atoms with Gasteiger partial charge in [-0.2, -0.15) is 0 Å². The van der Waals surface area contributed by atoms with Crippen LogP contribution in [0.2, 0.25) is 0 Å². The first-order chi connectivity index (χ1) is 0. The molecule has 0 spiro atoms. The smallest absolute Gasteiger partial charge is 2.00 e. The Morgan fingerprint density at radius 3 is 0.273 bits per heavy atom. The van der Waals surface area contributed by atoms with E-state index in [1.54, 1.807) is 0 Å². The summed E-state index contributed by atoms with van der Waals surface area (Å²) < 4.78 is 0. The molecule has 0 bridgehead atoms. The van der Waals surface area contributed by atoms with Crippen molar-refractivity contribution < 1.29 is 174 Å². The molecule has 11 heavy (non-hydrogen) atoms. The molecule has 0 saturated heterocycles. The van der Waals surface area contributed by atoms with E-state index >= 15 is 0 Å². The number of hydrogen-bond acceptors (Lipinski definition) is 0. The van der Waals surface area contributed by atoms with Crippen LogP contribution in [0.25, 0.3) is 0 Å². The number of rotatable bonds is 0. The molecule has 0 atom stereocenters. The standard InChI is InChI=1S/2Ce.7O.2Zr/q2*+3;7*-2;2*+4. The van der Waals surface area contributed by atoms with Crippen molar-refractivity contribution in [1.29, 1.82) is 0 Å². The summed E-state index contributed by atoms with van der Waals surface area (Å²) >= 11 is 0. The van der Waals surface area contributed by atoms with E-state index in [0.717, 1.165) is 0 Å². The van der Waals surface area contributed by atoms with Gasteiger partial charge in [0.1, 0.15) is 0 Å². The molecule has 0 aromatic carbocycles. The zero-order chi connectivity index (χ0) is 0. The molecule has 58 valence electrons. The maximum absolute atomic E-state index is 0. The van der Waals surface area contributed by atoms with E-state index in [1.165, 1.54) is 0 Å². The molecule has 0 saturated carbocycles. The predicted molar refractivity (Wildman–Crippen MR) is 4.81 cm³/mol. The molecule has 2 radical (unpaired) electrons. The summed E-state index contributed by atoms with van der Waals surface area (Å²) in [5.41, 5.74) is 0. The molecule has 0 aliphatic rings. The average Bonchev–Trinajstić information content (AvgIpc) is 0. The van der Waals surface area contributed by atoms with Crippen LogP contribution in [0.5, 0.6) is 0 Å². The van der Waals surface area contributed by atoms with Crippen molar-refractivity contribution in [2.75, 3.05) is 0 Å². The van der Waals surface area contributed by atoms with Gasteiger partial charge in [-0.1, -0.05) is 0 Å². The van der Waals surface area contributed by atoms with Crippen LogP contribution in [0.1, 0.15) is 0 Å². The van der Waals surface area contributed by atoms with E-state index in [0.29, 0.717) is 0 Å². The van der Waals surface area contributed by atoms with Gasteiger partial charge in [0, 0.05) is 0 Å².